The first-order valence-electron chi connectivity index (χ1n) is 10.3. The predicted octanol–water partition coefficient (Wildman–Crippen LogP) is 3.50. The third-order valence-corrected chi connectivity index (χ3v) is 9.54. The lowest BCUT2D eigenvalue weighted by Gasteiger charge is -2.61. The zero-order valence-electron chi connectivity index (χ0n) is 15.7. The van der Waals surface area contributed by atoms with Crippen LogP contribution in [-0.4, -0.2) is 33.1 Å². The maximum absolute atomic E-state index is 11.3. The summed E-state index contributed by atoms with van der Waals surface area (Å²) in [4.78, 5) is 0. The highest BCUT2D eigenvalue weighted by Gasteiger charge is 2.65. The Labute approximate surface area is 146 Å². The average Bonchev–Trinajstić information content (AvgIpc) is 2.81. The van der Waals surface area contributed by atoms with Gasteiger partial charge in [0.15, 0.2) is 0 Å². The van der Waals surface area contributed by atoms with Crippen molar-refractivity contribution in [3.05, 3.63) is 0 Å². The lowest BCUT2D eigenvalue weighted by Crippen LogP contribution is -2.59. The summed E-state index contributed by atoms with van der Waals surface area (Å²) in [5, 5.41) is 31.7. The summed E-state index contributed by atoms with van der Waals surface area (Å²) in [6.07, 6.45) is 8.99. The Morgan fingerprint density at radius 2 is 1.62 bits per heavy atom. The molecule has 138 valence electrons. The van der Waals surface area contributed by atoms with E-state index in [-0.39, 0.29) is 11.5 Å². The van der Waals surface area contributed by atoms with Crippen molar-refractivity contribution in [2.24, 2.45) is 34.5 Å². The molecule has 4 rings (SSSR count). The largest absolute Gasteiger partial charge is 0.393 e. The maximum Gasteiger partial charge on any atom is 0.0958 e. The van der Waals surface area contributed by atoms with Crippen LogP contribution in [0.25, 0.3) is 0 Å². The Bertz CT molecular complexity index is 505. The van der Waals surface area contributed by atoms with Crippen LogP contribution in [0.5, 0.6) is 0 Å². The van der Waals surface area contributed by atoms with Gasteiger partial charge >= 0.3 is 0 Å². The summed E-state index contributed by atoms with van der Waals surface area (Å²) >= 11 is 0. The van der Waals surface area contributed by atoms with Crippen LogP contribution < -0.4 is 0 Å². The lowest BCUT2D eigenvalue weighted by atomic mass is 9.44. The van der Waals surface area contributed by atoms with E-state index >= 15 is 0 Å². The molecular formula is C21H36O3. The fourth-order valence-corrected chi connectivity index (χ4v) is 7.97. The standard InChI is InChI=1S/C21H36O3/c1-13(22)21(24)11-8-18-16-5-4-14-12-15(23)6-9-19(14,2)17(16)7-10-20(18,21)3/h13-18,22-24H,4-12H2,1-3H3/t13-,14+,15+,16+,17-,18+,19+,20+,21-/m1/s1. The first-order chi connectivity index (χ1) is 11.2. The van der Waals surface area contributed by atoms with Gasteiger partial charge in [-0.2, -0.15) is 0 Å². The van der Waals surface area contributed by atoms with Gasteiger partial charge in [-0.1, -0.05) is 13.8 Å². The molecule has 4 aliphatic carbocycles. The molecule has 3 N–H and O–H groups in total. The molecule has 0 bridgehead atoms. The Kier molecular flexibility index (Phi) is 3.92. The molecular weight excluding hydrogens is 300 g/mol. The topological polar surface area (TPSA) is 60.7 Å². The molecule has 0 unspecified atom stereocenters. The Balaban J connectivity index is 1.63. The first kappa shape index (κ1) is 17.3. The summed E-state index contributed by atoms with van der Waals surface area (Å²) in [6, 6.07) is 0. The molecule has 4 aliphatic rings. The van der Waals surface area contributed by atoms with Gasteiger partial charge in [-0.05, 0) is 93.8 Å². The first-order valence-corrected chi connectivity index (χ1v) is 10.3. The second-order valence-corrected chi connectivity index (χ2v) is 10.2. The van der Waals surface area contributed by atoms with Gasteiger partial charge < -0.3 is 15.3 Å². The highest BCUT2D eigenvalue weighted by Crippen LogP contribution is 2.68. The Morgan fingerprint density at radius 1 is 0.917 bits per heavy atom. The van der Waals surface area contributed by atoms with E-state index in [1.807, 2.05) is 0 Å². The molecule has 3 nitrogen and oxygen atoms in total. The Hall–Kier alpha value is -0.120. The van der Waals surface area contributed by atoms with Gasteiger partial charge in [0.2, 0.25) is 0 Å². The number of aliphatic hydroxyl groups excluding tert-OH is 2. The molecule has 9 atom stereocenters. The summed E-state index contributed by atoms with van der Waals surface area (Å²) < 4.78 is 0. The van der Waals surface area contributed by atoms with Crippen molar-refractivity contribution in [2.75, 3.05) is 0 Å². The van der Waals surface area contributed by atoms with Gasteiger partial charge in [-0.3, -0.25) is 0 Å². The summed E-state index contributed by atoms with van der Waals surface area (Å²) in [7, 11) is 0. The van der Waals surface area contributed by atoms with Crippen molar-refractivity contribution in [3.8, 4) is 0 Å². The molecule has 0 saturated heterocycles. The van der Waals surface area contributed by atoms with Crippen molar-refractivity contribution in [1.29, 1.82) is 0 Å². The summed E-state index contributed by atoms with van der Waals surface area (Å²) in [5.74, 6) is 2.69. The number of fused-ring (bicyclic) bond motifs is 5. The van der Waals surface area contributed by atoms with E-state index in [1.165, 1.54) is 25.7 Å². The van der Waals surface area contributed by atoms with Gasteiger partial charge in [0.1, 0.15) is 0 Å². The molecule has 0 heterocycles. The van der Waals surface area contributed by atoms with Crippen molar-refractivity contribution in [1.82, 2.24) is 0 Å². The monoisotopic (exact) mass is 336 g/mol. The predicted molar refractivity (Wildman–Crippen MR) is 94.4 cm³/mol. The van der Waals surface area contributed by atoms with Gasteiger partial charge in [0.25, 0.3) is 0 Å². The minimum Gasteiger partial charge on any atom is -0.393 e. The molecule has 0 aromatic carbocycles. The van der Waals surface area contributed by atoms with Crippen molar-refractivity contribution in [2.45, 2.75) is 96.4 Å². The normalized spacial score (nSPS) is 58.5. The summed E-state index contributed by atoms with van der Waals surface area (Å²) in [5.41, 5.74) is -0.641. The number of rotatable bonds is 1. The van der Waals surface area contributed by atoms with Crippen molar-refractivity contribution >= 4 is 0 Å². The molecule has 0 aromatic heterocycles. The van der Waals surface area contributed by atoms with E-state index in [1.54, 1.807) is 6.92 Å². The van der Waals surface area contributed by atoms with E-state index in [0.29, 0.717) is 23.2 Å². The number of hydrogen-bond acceptors (Lipinski definition) is 3. The van der Waals surface area contributed by atoms with Crippen LogP contribution in [-0.2, 0) is 0 Å². The highest BCUT2D eigenvalue weighted by molar-refractivity contribution is 5.15. The SMILES string of the molecule is C[C@@H](O)[C@]1(O)CC[C@H]2[C@H]3CC[C@H]4C[C@@H](O)CC[C@]4(C)[C@@H]3CC[C@@]21C. The van der Waals surface area contributed by atoms with Gasteiger partial charge in [0, 0.05) is 5.41 Å². The van der Waals surface area contributed by atoms with E-state index < -0.39 is 11.7 Å². The van der Waals surface area contributed by atoms with Crippen LogP contribution in [0, 0.1) is 34.5 Å². The van der Waals surface area contributed by atoms with Crippen LogP contribution in [0.15, 0.2) is 0 Å². The van der Waals surface area contributed by atoms with Crippen molar-refractivity contribution in [3.63, 3.8) is 0 Å². The van der Waals surface area contributed by atoms with Crippen LogP contribution in [0.4, 0.5) is 0 Å². The highest BCUT2D eigenvalue weighted by atomic mass is 16.3. The van der Waals surface area contributed by atoms with Crippen LogP contribution >= 0.6 is 0 Å². The van der Waals surface area contributed by atoms with Crippen LogP contribution in [0.3, 0.4) is 0 Å². The number of aliphatic hydroxyl groups is 3. The molecule has 0 amide bonds. The quantitative estimate of drug-likeness (QED) is 0.687. The fraction of sp³-hybridized carbons (Fsp3) is 1.00. The average molecular weight is 337 g/mol. The van der Waals surface area contributed by atoms with Crippen molar-refractivity contribution < 1.29 is 15.3 Å². The molecule has 24 heavy (non-hydrogen) atoms. The van der Waals surface area contributed by atoms with Crippen LogP contribution in [0.2, 0.25) is 0 Å². The minimum absolute atomic E-state index is 0.0831. The van der Waals surface area contributed by atoms with Gasteiger partial charge in [-0.25, -0.2) is 0 Å². The minimum atomic E-state index is -0.900. The second kappa shape index (κ2) is 5.44. The zero-order valence-corrected chi connectivity index (χ0v) is 15.7. The molecule has 3 heteroatoms. The smallest absolute Gasteiger partial charge is 0.0958 e. The molecule has 0 aromatic rings. The van der Waals surface area contributed by atoms with E-state index in [9.17, 15) is 15.3 Å². The number of hydrogen-bond donors (Lipinski definition) is 3. The van der Waals surface area contributed by atoms with E-state index in [4.69, 9.17) is 0 Å². The van der Waals surface area contributed by atoms with Crippen LogP contribution in [0.1, 0.15) is 78.6 Å². The zero-order chi connectivity index (χ0) is 17.3. The third kappa shape index (κ3) is 2.07. The van der Waals surface area contributed by atoms with Gasteiger partial charge in [0.05, 0.1) is 17.8 Å². The molecule has 0 spiro atoms. The summed E-state index contributed by atoms with van der Waals surface area (Å²) in [6.45, 7) is 6.53. The second-order valence-electron chi connectivity index (χ2n) is 10.2. The molecule has 4 fully saturated rings. The Morgan fingerprint density at radius 3 is 2.33 bits per heavy atom. The fourth-order valence-electron chi connectivity index (χ4n) is 7.97. The third-order valence-electron chi connectivity index (χ3n) is 9.54. The lowest BCUT2D eigenvalue weighted by molar-refractivity contribution is -0.186. The molecule has 0 aliphatic heterocycles. The van der Waals surface area contributed by atoms with E-state index in [2.05, 4.69) is 13.8 Å². The van der Waals surface area contributed by atoms with E-state index in [0.717, 1.165) is 38.0 Å². The van der Waals surface area contributed by atoms with Gasteiger partial charge in [-0.15, -0.1) is 0 Å². The molecule has 0 radical (unpaired) electrons. The maximum atomic E-state index is 11.3. The molecule has 4 saturated carbocycles.